The summed E-state index contributed by atoms with van der Waals surface area (Å²) in [6.45, 7) is 3.90. The van der Waals surface area contributed by atoms with Crippen molar-refractivity contribution in [3.8, 4) is 11.3 Å². The molecule has 1 N–H and O–H groups in total. The second-order valence-electron chi connectivity index (χ2n) is 7.66. The van der Waals surface area contributed by atoms with Gasteiger partial charge in [0.2, 0.25) is 0 Å². The molecule has 0 atom stereocenters. The van der Waals surface area contributed by atoms with Crippen LogP contribution < -0.4 is 5.32 Å². The summed E-state index contributed by atoms with van der Waals surface area (Å²) in [5, 5.41) is 4.20. The van der Waals surface area contributed by atoms with Crippen LogP contribution in [0.3, 0.4) is 0 Å². The first-order chi connectivity index (χ1) is 13.3. The van der Waals surface area contributed by atoms with Gasteiger partial charge in [-0.2, -0.15) is 0 Å². The minimum absolute atomic E-state index is 0.449. The molecule has 5 rings (SSSR count). The van der Waals surface area contributed by atoms with Crippen molar-refractivity contribution < 1.29 is 4.74 Å². The number of hydrogen-bond donors (Lipinski definition) is 1. The van der Waals surface area contributed by atoms with E-state index in [1.165, 1.54) is 18.4 Å². The summed E-state index contributed by atoms with van der Waals surface area (Å²) in [6, 6.07) is 5.04. The summed E-state index contributed by atoms with van der Waals surface area (Å²) in [5.74, 6) is 0.906. The lowest BCUT2D eigenvalue weighted by atomic mass is 9.90. The topological polar surface area (TPSA) is 63.2 Å². The molecule has 3 heterocycles. The van der Waals surface area contributed by atoms with Gasteiger partial charge in [-0.15, -0.1) is 0 Å². The van der Waals surface area contributed by atoms with E-state index in [0.29, 0.717) is 17.2 Å². The minimum Gasteiger partial charge on any atom is -0.379 e. The fraction of sp³-hybridized carbons (Fsp3) is 0.550. The third-order valence-corrected chi connectivity index (χ3v) is 6.28. The Labute approximate surface area is 164 Å². The van der Waals surface area contributed by atoms with E-state index in [4.69, 9.17) is 16.3 Å². The van der Waals surface area contributed by atoms with E-state index in [2.05, 4.69) is 25.2 Å². The fourth-order valence-electron chi connectivity index (χ4n) is 4.64. The first kappa shape index (κ1) is 17.3. The lowest BCUT2D eigenvalue weighted by Gasteiger charge is -2.39. The maximum atomic E-state index is 6.14. The maximum absolute atomic E-state index is 6.14. The van der Waals surface area contributed by atoms with Crippen molar-refractivity contribution in [2.75, 3.05) is 31.6 Å². The molecule has 3 aliphatic rings. The number of halogens is 1. The molecule has 142 valence electrons. The zero-order chi connectivity index (χ0) is 18.2. The summed E-state index contributed by atoms with van der Waals surface area (Å²) in [4.78, 5) is 16.2. The molecule has 2 fully saturated rings. The molecule has 1 aliphatic heterocycles. The molecule has 7 heteroatoms. The maximum Gasteiger partial charge on any atom is 0.139 e. The van der Waals surface area contributed by atoms with Gasteiger partial charge < -0.3 is 10.1 Å². The zero-order valence-corrected chi connectivity index (χ0v) is 16.1. The van der Waals surface area contributed by atoms with E-state index in [0.717, 1.165) is 68.3 Å². The van der Waals surface area contributed by atoms with E-state index < -0.39 is 0 Å². The van der Waals surface area contributed by atoms with Gasteiger partial charge in [0, 0.05) is 31.6 Å². The van der Waals surface area contributed by atoms with Gasteiger partial charge in [-0.3, -0.25) is 4.90 Å². The third-order valence-electron chi connectivity index (χ3n) is 6.06. The van der Waals surface area contributed by atoms with Crippen LogP contribution >= 0.6 is 11.6 Å². The Kier molecular flexibility index (Phi) is 4.71. The number of morpholine rings is 1. The fourth-order valence-corrected chi connectivity index (χ4v) is 4.79. The molecule has 2 aromatic rings. The Balaban J connectivity index is 1.30. The van der Waals surface area contributed by atoms with Crippen LogP contribution in [0, 0.1) is 0 Å². The van der Waals surface area contributed by atoms with Crippen molar-refractivity contribution in [1.82, 2.24) is 19.9 Å². The van der Waals surface area contributed by atoms with Crippen molar-refractivity contribution in [3.05, 3.63) is 34.9 Å². The summed E-state index contributed by atoms with van der Waals surface area (Å²) in [6.07, 6.45) is 7.24. The van der Waals surface area contributed by atoms with Crippen LogP contribution in [0.15, 0.2) is 18.5 Å². The molecule has 0 aromatic carbocycles. The van der Waals surface area contributed by atoms with Crippen molar-refractivity contribution in [2.45, 2.75) is 44.2 Å². The molecule has 6 nitrogen and oxygen atoms in total. The monoisotopic (exact) mass is 385 g/mol. The number of aromatic nitrogens is 3. The zero-order valence-electron chi connectivity index (χ0n) is 15.3. The Morgan fingerprint density at radius 2 is 1.89 bits per heavy atom. The SMILES string of the molecule is Clc1ccc2c(n1)-c1c(ncnc1NC1CCC(N3CCOCC3)CC1)C2. The molecule has 0 radical (unpaired) electrons. The van der Waals surface area contributed by atoms with Crippen LogP contribution in [0.2, 0.25) is 5.15 Å². The van der Waals surface area contributed by atoms with Crippen LogP contribution in [0.1, 0.15) is 36.9 Å². The summed E-state index contributed by atoms with van der Waals surface area (Å²) in [7, 11) is 0. The summed E-state index contributed by atoms with van der Waals surface area (Å²) < 4.78 is 5.49. The first-order valence-electron chi connectivity index (χ1n) is 9.86. The Hall–Kier alpha value is -1.76. The molecule has 0 amide bonds. The normalized spacial score (nSPS) is 25.1. The molecule has 0 spiro atoms. The van der Waals surface area contributed by atoms with E-state index in [1.807, 2.05) is 12.1 Å². The number of fused-ring (bicyclic) bond motifs is 3. The van der Waals surface area contributed by atoms with Crippen molar-refractivity contribution in [1.29, 1.82) is 0 Å². The van der Waals surface area contributed by atoms with Crippen molar-refractivity contribution >= 4 is 17.4 Å². The van der Waals surface area contributed by atoms with Gasteiger partial charge in [0.1, 0.15) is 17.3 Å². The number of rotatable bonds is 3. The van der Waals surface area contributed by atoms with Crippen LogP contribution in [0.25, 0.3) is 11.3 Å². The smallest absolute Gasteiger partial charge is 0.139 e. The van der Waals surface area contributed by atoms with Gasteiger partial charge in [-0.25, -0.2) is 15.0 Å². The molecule has 0 unspecified atom stereocenters. The standard InChI is InChI=1S/C20H24ClN5O/c21-17-6-1-13-11-16-18(19(13)25-17)20(23-12-22-16)24-14-2-4-15(5-3-14)26-7-9-27-10-8-26/h1,6,12,14-15H,2-5,7-11H2,(H,22,23,24). The van der Waals surface area contributed by atoms with E-state index in [-0.39, 0.29) is 0 Å². The second kappa shape index (κ2) is 7.34. The molecule has 2 aromatic heterocycles. The van der Waals surface area contributed by atoms with Gasteiger partial charge >= 0.3 is 0 Å². The quantitative estimate of drug-likeness (QED) is 0.699. The average molecular weight is 386 g/mol. The number of nitrogens with one attached hydrogen (secondary N) is 1. The first-order valence-corrected chi connectivity index (χ1v) is 10.2. The lowest BCUT2D eigenvalue weighted by Crippen LogP contribution is -2.46. The number of nitrogens with zero attached hydrogens (tertiary/aromatic N) is 4. The predicted molar refractivity (Wildman–Crippen MR) is 105 cm³/mol. The molecule has 27 heavy (non-hydrogen) atoms. The van der Waals surface area contributed by atoms with Gasteiger partial charge in [-0.1, -0.05) is 17.7 Å². The largest absolute Gasteiger partial charge is 0.379 e. The molecule has 1 saturated heterocycles. The highest BCUT2D eigenvalue weighted by Gasteiger charge is 2.30. The van der Waals surface area contributed by atoms with E-state index >= 15 is 0 Å². The Morgan fingerprint density at radius 3 is 2.70 bits per heavy atom. The molecular formula is C20H24ClN5O. The number of anilines is 1. The molecule has 0 bridgehead atoms. The summed E-state index contributed by atoms with van der Waals surface area (Å²) in [5.41, 5.74) is 4.18. The highest BCUT2D eigenvalue weighted by Crippen LogP contribution is 2.39. The van der Waals surface area contributed by atoms with Gasteiger partial charge in [-0.05, 0) is 37.3 Å². The molecule has 2 aliphatic carbocycles. The number of pyridine rings is 1. The number of ether oxygens (including phenoxy) is 1. The molecule has 1 saturated carbocycles. The van der Waals surface area contributed by atoms with Crippen LogP contribution in [0.4, 0.5) is 5.82 Å². The Morgan fingerprint density at radius 1 is 1.07 bits per heavy atom. The van der Waals surface area contributed by atoms with Gasteiger partial charge in [0.25, 0.3) is 0 Å². The van der Waals surface area contributed by atoms with Crippen molar-refractivity contribution in [3.63, 3.8) is 0 Å². The number of hydrogen-bond acceptors (Lipinski definition) is 6. The van der Waals surface area contributed by atoms with E-state index in [9.17, 15) is 0 Å². The predicted octanol–water partition coefficient (Wildman–Crippen LogP) is 3.15. The highest BCUT2D eigenvalue weighted by atomic mass is 35.5. The Bertz CT molecular complexity index is 831. The van der Waals surface area contributed by atoms with Gasteiger partial charge in [0.15, 0.2) is 0 Å². The lowest BCUT2D eigenvalue weighted by molar-refractivity contribution is 0.00791. The second-order valence-corrected chi connectivity index (χ2v) is 8.05. The average Bonchev–Trinajstić information content (AvgIpc) is 3.08. The third kappa shape index (κ3) is 3.42. The van der Waals surface area contributed by atoms with Crippen LogP contribution in [-0.2, 0) is 11.2 Å². The molecular weight excluding hydrogens is 362 g/mol. The van der Waals surface area contributed by atoms with Gasteiger partial charge in [0.05, 0.1) is 30.2 Å². The minimum atomic E-state index is 0.449. The van der Waals surface area contributed by atoms with Crippen molar-refractivity contribution in [2.24, 2.45) is 0 Å². The van der Waals surface area contributed by atoms with Crippen LogP contribution in [-0.4, -0.2) is 58.2 Å². The van der Waals surface area contributed by atoms with E-state index in [1.54, 1.807) is 6.33 Å². The van der Waals surface area contributed by atoms with Crippen LogP contribution in [0.5, 0.6) is 0 Å². The highest BCUT2D eigenvalue weighted by molar-refractivity contribution is 6.29. The summed E-state index contributed by atoms with van der Waals surface area (Å²) >= 11 is 6.14.